The van der Waals surface area contributed by atoms with Crippen molar-refractivity contribution in [3.63, 3.8) is 0 Å². The predicted molar refractivity (Wildman–Crippen MR) is 149 cm³/mol. The van der Waals surface area contributed by atoms with E-state index in [1.54, 1.807) is 12.1 Å². The number of carbonyl (C=O) groups is 2. The van der Waals surface area contributed by atoms with Crippen LogP contribution in [0, 0.1) is 0 Å². The van der Waals surface area contributed by atoms with E-state index in [4.69, 9.17) is 27.9 Å². The third kappa shape index (κ3) is 2.43. The molecule has 4 aromatic carbocycles. The summed E-state index contributed by atoms with van der Waals surface area (Å²) in [5.41, 5.74) is 0.699. The van der Waals surface area contributed by atoms with Gasteiger partial charge in [0.1, 0.15) is 0 Å². The van der Waals surface area contributed by atoms with Gasteiger partial charge in [0.2, 0.25) is 0 Å². The quantitative estimate of drug-likeness (QED) is 0.196. The molecule has 3 aliphatic heterocycles. The van der Waals surface area contributed by atoms with E-state index < -0.39 is 18.2 Å². The number of allylic oxidation sites excluding steroid dienone is 2. The van der Waals surface area contributed by atoms with E-state index in [1.165, 1.54) is 0 Å². The Kier molecular flexibility index (Phi) is 4.45. The summed E-state index contributed by atoms with van der Waals surface area (Å²) in [4.78, 5) is 29.8. The molecule has 1 spiro atoms. The Labute approximate surface area is 218 Å². The Bertz CT molecular complexity index is 1670. The van der Waals surface area contributed by atoms with E-state index in [2.05, 4.69) is 0 Å². The molecular formula is C30H21Cl2O3P. The van der Waals surface area contributed by atoms with Crippen LogP contribution < -0.4 is 0 Å². The van der Waals surface area contributed by atoms with Crippen molar-refractivity contribution in [3.05, 3.63) is 117 Å². The van der Waals surface area contributed by atoms with Gasteiger partial charge in [-0.05, 0) is 0 Å². The predicted octanol–water partition coefficient (Wildman–Crippen LogP) is 8.37. The summed E-state index contributed by atoms with van der Waals surface area (Å²) in [7, 11) is -3.72. The Hall–Kier alpha value is -2.81. The molecule has 2 unspecified atom stereocenters. The summed E-state index contributed by atoms with van der Waals surface area (Å²) in [6.45, 7) is 3.95. The fourth-order valence-corrected chi connectivity index (χ4v) is 13.2. The van der Waals surface area contributed by atoms with Gasteiger partial charge in [-0.25, -0.2) is 0 Å². The molecule has 2 saturated heterocycles. The number of carbonyl (C=O) groups excluding carboxylic acids is 2. The summed E-state index contributed by atoms with van der Waals surface area (Å²) in [5.74, 6) is 0. The molecule has 1 aliphatic carbocycles. The zero-order valence-corrected chi connectivity index (χ0v) is 22.1. The van der Waals surface area contributed by atoms with Crippen LogP contribution in [-0.2, 0) is 4.74 Å². The first-order chi connectivity index (χ1) is 17.3. The van der Waals surface area contributed by atoms with E-state index in [1.807, 2.05) is 86.7 Å². The molecule has 3 nitrogen and oxygen atoms in total. The normalized spacial score (nSPS) is 25.9. The first-order valence-corrected chi connectivity index (χ1v) is 14.6. The first kappa shape index (κ1) is 22.4. The molecule has 2 fully saturated rings. The van der Waals surface area contributed by atoms with Crippen LogP contribution in [0.1, 0.15) is 34.6 Å². The summed E-state index contributed by atoms with van der Waals surface area (Å²) in [6.07, 6.45) is 3.97. The molecule has 6 heteroatoms. The van der Waals surface area contributed by atoms with Gasteiger partial charge in [-0.2, -0.15) is 0 Å². The van der Waals surface area contributed by atoms with E-state index in [0.29, 0.717) is 21.2 Å². The molecule has 0 N–H and O–H groups in total. The number of halogens is 2. The van der Waals surface area contributed by atoms with Crippen LogP contribution in [0.2, 0.25) is 10.0 Å². The zero-order valence-electron chi connectivity index (χ0n) is 19.6. The molecule has 0 saturated carbocycles. The number of ether oxygens (including phenoxy) is 1. The molecule has 2 atom stereocenters. The second-order valence-corrected chi connectivity index (χ2v) is 14.5. The molecule has 2 bridgehead atoms. The number of benzene rings is 4. The first-order valence-electron chi connectivity index (χ1n) is 11.8. The van der Waals surface area contributed by atoms with E-state index in [-0.39, 0.29) is 11.0 Å². The zero-order chi connectivity index (χ0) is 25.0. The SMILES string of the molecule is CC1=CC23OC2(C)C(=C1)[PH]3(C(=O)c1c(Cl)ccc2ccccc12)C(=O)c1c(Cl)ccc2ccccc12. The maximum absolute atomic E-state index is 14.9. The number of epoxide rings is 1. The van der Waals surface area contributed by atoms with Crippen LogP contribution in [-0.4, -0.2) is 22.0 Å². The maximum atomic E-state index is 14.9. The van der Waals surface area contributed by atoms with Crippen molar-refractivity contribution in [1.82, 2.24) is 0 Å². The monoisotopic (exact) mass is 530 g/mol. The summed E-state index contributed by atoms with van der Waals surface area (Å²) in [5, 5.41) is 3.81. The van der Waals surface area contributed by atoms with E-state index in [9.17, 15) is 9.59 Å². The van der Waals surface area contributed by atoms with Gasteiger partial charge in [0.15, 0.2) is 0 Å². The van der Waals surface area contributed by atoms with Crippen LogP contribution in [0.5, 0.6) is 0 Å². The Morgan fingerprint density at radius 3 is 1.78 bits per heavy atom. The van der Waals surface area contributed by atoms with Gasteiger partial charge in [0, 0.05) is 0 Å². The van der Waals surface area contributed by atoms with Crippen LogP contribution >= 0.6 is 30.5 Å². The molecule has 8 rings (SSSR count). The molecule has 0 amide bonds. The van der Waals surface area contributed by atoms with Crippen molar-refractivity contribution in [2.75, 3.05) is 0 Å². The summed E-state index contributed by atoms with van der Waals surface area (Å²) < 4.78 is 6.39. The minimum atomic E-state index is -3.72. The Balaban J connectivity index is 1.55. The average Bonchev–Trinajstić information content (AvgIpc) is 3.43. The number of fused-ring (bicyclic) bond motifs is 3. The van der Waals surface area contributed by atoms with Crippen molar-refractivity contribution >= 4 is 63.1 Å². The molecule has 178 valence electrons. The average molecular weight is 531 g/mol. The van der Waals surface area contributed by atoms with Crippen LogP contribution in [0.3, 0.4) is 0 Å². The number of rotatable bonds is 4. The van der Waals surface area contributed by atoms with Crippen LogP contribution in [0.4, 0.5) is 0 Å². The van der Waals surface area contributed by atoms with Gasteiger partial charge in [-0.3, -0.25) is 0 Å². The molecule has 3 heterocycles. The van der Waals surface area contributed by atoms with Crippen molar-refractivity contribution < 1.29 is 14.3 Å². The van der Waals surface area contributed by atoms with Crippen LogP contribution in [0.25, 0.3) is 21.5 Å². The minimum absolute atomic E-state index is 0.219. The molecule has 0 radical (unpaired) electrons. The molecule has 36 heavy (non-hydrogen) atoms. The number of hydrogen-bond donors (Lipinski definition) is 0. The van der Waals surface area contributed by atoms with E-state index in [0.717, 1.165) is 32.4 Å². The van der Waals surface area contributed by atoms with Gasteiger partial charge >= 0.3 is 219 Å². The Morgan fingerprint density at radius 2 is 1.28 bits per heavy atom. The van der Waals surface area contributed by atoms with Gasteiger partial charge in [0.05, 0.1) is 0 Å². The molecule has 4 aromatic rings. The Morgan fingerprint density at radius 1 is 0.778 bits per heavy atom. The van der Waals surface area contributed by atoms with Gasteiger partial charge in [0.25, 0.3) is 0 Å². The van der Waals surface area contributed by atoms with Gasteiger partial charge in [-0.15, -0.1) is 0 Å². The van der Waals surface area contributed by atoms with Gasteiger partial charge < -0.3 is 0 Å². The topological polar surface area (TPSA) is 46.7 Å². The second-order valence-electron chi connectivity index (χ2n) is 10.0. The molecular weight excluding hydrogens is 510 g/mol. The third-order valence-corrected chi connectivity index (χ3v) is 14.0. The van der Waals surface area contributed by atoms with Crippen molar-refractivity contribution in [3.8, 4) is 0 Å². The van der Waals surface area contributed by atoms with Crippen LogP contribution in [0.15, 0.2) is 95.8 Å². The molecule has 4 aliphatic rings. The fourth-order valence-electron chi connectivity index (χ4n) is 6.60. The third-order valence-electron chi connectivity index (χ3n) is 8.20. The van der Waals surface area contributed by atoms with Gasteiger partial charge in [-0.1, -0.05) is 0 Å². The van der Waals surface area contributed by atoms with Crippen molar-refractivity contribution in [1.29, 1.82) is 0 Å². The standard InChI is InChI=1S/C30H21Cl2O3P/c1-17-15-24-29(2)30(16-17,35-29)36(24,27(33)25-20-9-5-3-7-18(20)11-13-22(25)31)28(34)26-21-10-6-4-8-19(21)12-14-23(26)32/h3-16,36H,1-2H3. The second kappa shape index (κ2) is 7.15. The fraction of sp³-hybridized carbons (Fsp3) is 0.133. The van der Waals surface area contributed by atoms with E-state index >= 15 is 0 Å². The van der Waals surface area contributed by atoms with Crippen molar-refractivity contribution in [2.45, 2.75) is 24.8 Å². The summed E-state index contributed by atoms with van der Waals surface area (Å²) in [6, 6.07) is 22.5. The van der Waals surface area contributed by atoms with Crippen molar-refractivity contribution in [2.24, 2.45) is 0 Å². The molecule has 0 aromatic heterocycles. The number of hydrogen-bond acceptors (Lipinski definition) is 3. The summed E-state index contributed by atoms with van der Waals surface area (Å²) >= 11 is 13.5.